The number of nitrogens with one attached hydrogen (secondary N) is 1. The molecule has 4 rings (SSSR count). The Morgan fingerprint density at radius 2 is 1.65 bits per heavy atom. The number of benzene rings is 3. The normalized spacial score (nSPS) is 14.5. The highest BCUT2D eigenvalue weighted by Gasteiger charge is 2.32. The Morgan fingerprint density at radius 1 is 0.946 bits per heavy atom. The maximum absolute atomic E-state index is 13.9. The van der Waals surface area contributed by atoms with Crippen molar-refractivity contribution in [1.82, 2.24) is 10.2 Å². The highest BCUT2D eigenvalue weighted by atomic mass is 35.5. The Bertz CT molecular complexity index is 1180. The molecule has 0 spiro atoms. The number of nitrogens with zero attached hydrogens (tertiary/aromatic N) is 1. The van der Waals surface area contributed by atoms with Gasteiger partial charge in [-0.1, -0.05) is 91.5 Å². The second-order valence-corrected chi connectivity index (χ2v) is 10.1. The van der Waals surface area contributed by atoms with Crippen molar-refractivity contribution < 1.29 is 14.3 Å². The van der Waals surface area contributed by atoms with Gasteiger partial charge in [0.1, 0.15) is 11.8 Å². The Balaban J connectivity index is 1.67. The van der Waals surface area contributed by atoms with Crippen molar-refractivity contribution >= 4 is 23.4 Å². The van der Waals surface area contributed by atoms with Crippen LogP contribution in [0.15, 0.2) is 78.9 Å². The maximum Gasteiger partial charge on any atom is 0.243 e. The molecule has 1 N–H and O–H groups in total. The van der Waals surface area contributed by atoms with Gasteiger partial charge in [0.2, 0.25) is 11.8 Å². The molecular formula is C31H35ClN2O3. The van der Waals surface area contributed by atoms with Gasteiger partial charge in [-0.25, -0.2) is 0 Å². The van der Waals surface area contributed by atoms with Gasteiger partial charge < -0.3 is 15.0 Å². The maximum atomic E-state index is 13.9. The Labute approximate surface area is 224 Å². The van der Waals surface area contributed by atoms with Crippen LogP contribution in [-0.2, 0) is 29.0 Å². The highest BCUT2D eigenvalue weighted by molar-refractivity contribution is 6.31. The average molecular weight is 519 g/mol. The Kier molecular flexibility index (Phi) is 9.61. The molecule has 37 heavy (non-hydrogen) atoms. The number of hydrogen-bond acceptors (Lipinski definition) is 3. The van der Waals surface area contributed by atoms with Crippen molar-refractivity contribution in [3.05, 3.63) is 101 Å². The zero-order valence-corrected chi connectivity index (χ0v) is 22.1. The van der Waals surface area contributed by atoms with Crippen LogP contribution in [0.2, 0.25) is 5.02 Å². The number of carbonyl (C=O) groups excluding carboxylic acids is 2. The first-order valence-electron chi connectivity index (χ1n) is 13.0. The quantitative estimate of drug-likeness (QED) is 0.359. The van der Waals surface area contributed by atoms with Crippen LogP contribution >= 0.6 is 11.6 Å². The Morgan fingerprint density at radius 3 is 2.38 bits per heavy atom. The van der Waals surface area contributed by atoms with E-state index < -0.39 is 6.04 Å². The molecule has 0 unspecified atom stereocenters. The van der Waals surface area contributed by atoms with Crippen LogP contribution in [0.25, 0.3) is 0 Å². The molecule has 0 bridgehead atoms. The standard InChI is InChI=1S/C31H35ClN2O3/c1-37-27-17-10-13-24(19-27)22-34(30(35)21-25-14-8-9-18-28(25)32)29(20-23-11-4-2-5-12-23)31(36)33-26-15-6-3-7-16-26/h2,4-5,8-14,17-19,26,29H,3,6-7,15-16,20-22H2,1H3,(H,33,36)/t29-/m0/s1. The molecule has 1 saturated carbocycles. The van der Waals surface area contributed by atoms with Gasteiger partial charge in [-0.2, -0.15) is 0 Å². The zero-order chi connectivity index (χ0) is 26.0. The number of halogens is 1. The smallest absolute Gasteiger partial charge is 0.243 e. The van der Waals surface area contributed by atoms with Gasteiger partial charge in [-0.05, 0) is 47.7 Å². The number of methoxy groups -OCH3 is 1. The second kappa shape index (κ2) is 13.3. The average Bonchev–Trinajstić information content (AvgIpc) is 2.93. The second-order valence-electron chi connectivity index (χ2n) is 9.69. The van der Waals surface area contributed by atoms with Crippen LogP contribution in [-0.4, -0.2) is 35.9 Å². The van der Waals surface area contributed by atoms with Gasteiger partial charge in [0.15, 0.2) is 0 Å². The van der Waals surface area contributed by atoms with Crippen LogP contribution in [0, 0.1) is 0 Å². The number of rotatable bonds is 10. The van der Waals surface area contributed by atoms with Gasteiger partial charge in [0, 0.05) is 24.0 Å². The third-order valence-electron chi connectivity index (χ3n) is 7.01. The molecule has 1 atom stereocenters. The lowest BCUT2D eigenvalue weighted by Gasteiger charge is -2.33. The number of ether oxygens (including phenoxy) is 1. The summed E-state index contributed by atoms with van der Waals surface area (Å²) in [6.07, 6.45) is 5.95. The van der Waals surface area contributed by atoms with Crippen LogP contribution in [0.5, 0.6) is 5.75 Å². The first kappa shape index (κ1) is 26.7. The fraction of sp³-hybridized carbons (Fsp3) is 0.355. The molecule has 1 fully saturated rings. The molecule has 0 heterocycles. The van der Waals surface area contributed by atoms with E-state index in [0.717, 1.165) is 42.4 Å². The molecule has 3 aromatic carbocycles. The van der Waals surface area contributed by atoms with Crippen LogP contribution < -0.4 is 10.1 Å². The van der Waals surface area contributed by atoms with Crippen LogP contribution in [0.1, 0.15) is 48.8 Å². The molecule has 2 amide bonds. The van der Waals surface area contributed by atoms with Crippen molar-refractivity contribution in [2.45, 2.75) is 63.6 Å². The minimum Gasteiger partial charge on any atom is -0.497 e. The first-order valence-corrected chi connectivity index (χ1v) is 13.4. The van der Waals surface area contributed by atoms with E-state index in [1.165, 1.54) is 6.42 Å². The third kappa shape index (κ3) is 7.59. The lowest BCUT2D eigenvalue weighted by atomic mass is 9.94. The summed E-state index contributed by atoms with van der Waals surface area (Å²) in [5.41, 5.74) is 2.65. The fourth-order valence-corrected chi connectivity index (χ4v) is 5.17. The molecule has 6 heteroatoms. The molecule has 1 aliphatic carbocycles. The minimum atomic E-state index is -0.662. The van der Waals surface area contributed by atoms with E-state index in [1.807, 2.05) is 72.8 Å². The van der Waals surface area contributed by atoms with Gasteiger partial charge in [-0.15, -0.1) is 0 Å². The summed E-state index contributed by atoms with van der Waals surface area (Å²) in [7, 11) is 1.62. The minimum absolute atomic E-state index is 0.105. The molecular weight excluding hydrogens is 484 g/mol. The summed E-state index contributed by atoms with van der Waals surface area (Å²) in [4.78, 5) is 29.5. The zero-order valence-electron chi connectivity index (χ0n) is 21.4. The van der Waals surface area contributed by atoms with E-state index in [9.17, 15) is 9.59 Å². The molecule has 0 saturated heterocycles. The molecule has 1 aliphatic rings. The van der Waals surface area contributed by atoms with Crippen LogP contribution in [0.3, 0.4) is 0 Å². The lowest BCUT2D eigenvalue weighted by Crippen LogP contribution is -2.53. The summed E-state index contributed by atoms with van der Waals surface area (Å²) in [6, 6.07) is 24.4. The van der Waals surface area contributed by atoms with Gasteiger partial charge >= 0.3 is 0 Å². The van der Waals surface area contributed by atoms with Gasteiger partial charge in [0.25, 0.3) is 0 Å². The van der Waals surface area contributed by atoms with Crippen LogP contribution in [0.4, 0.5) is 0 Å². The summed E-state index contributed by atoms with van der Waals surface area (Å²) in [6.45, 7) is 0.288. The molecule has 5 nitrogen and oxygen atoms in total. The van der Waals surface area contributed by atoms with E-state index in [-0.39, 0.29) is 30.8 Å². The van der Waals surface area contributed by atoms with Gasteiger partial charge in [0.05, 0.1) is 13.5 Å². The molecule has 3 aromatic rings. The van der Waals surface area contributed by atoms with E-state index in [4.69, 9.17) is 16.3 Å². The van der Waals surface area contributed by atoms with E-state index >= 15 is 0 Å². The van der Waals surface area contributed by atoms with Crippen molar-refractivity contribution in [1.29, 1.82) is 0 Å². The first-order chi connectivity index (χ1) is 18.0. The lowest BCUT2D eigenvalue weighted by molar-refractivity contribution is -0.141. The molecule has 0 radical (unpaired) electrons. The topological polar surface area (TPSA) is 58.6 Å². The summed E-state index contributed by atoms with van der Waals surface area (Å²) < 4.78 is 5.41. The molecule has 194 valence electrons. The summed E-state index contributed by atoms with van der Waals surface area (Å²) in [5, 5.41) is 3.82. The third-order valence-corrected chi connectivity index (χ3v) is 7.38. The van der Waals surface area contributed by atoms with Crippen molar-refractivity contribution in [2.75, 3.05) is 7.11 Å². The summed E-state index contributed by atoms with van der Waals surface area (Å²) in [5.74, 6) is 0.462. The van der Waals surface area contributed by atoms with E-state index in [2.05, 4.69) is 5.32 Å². The largest absolute Gasteiger partial charge is 0.497 e. The van der Waals surface area contributed by atoms with E-state index in [1.54, 1.807) is 18.1 Å². The monoisotopic (exact) mass is 518 g/mol. The van der Waals surface area contributed by atoms with Crippen molar-refractivity contribution in [2.24, 2.45) is 0 Å². The Hall–Kier alpha value is -3.31. The van der Waals surface area contributed by atoms with Crippen molar-refractivity contribution in [3.63, 3.8) is 0 Å². The molecule has 0 aromatic heterocycles. The highest BCUT2D eigenvalue weighted by Crippen LogP contribution is 2.23. The van der Waals surface area contributed by atoms with E-state index in [0.29, 0.717) is 17.2 Å². The fourth-order valence-electron chi connectivity index (χ4n) is 4.97. The predicted octanol–water partition coefficient (Wildman–Crippen LogP) is 5.98. The SMILES string of the molecule is COc1cccc(CN(C(=O)Cc2ccccc2Cl)[C@@H](Cc2ccccc2)C(=O)NC2CCCCC2)c1. The number of carbonyl (C=O) groups is 2. The summed E-state index contributed by atoms with van der Waals surface area (Å²) >= 11 is 6.41. The number of amides is 2. The van der Waals surface area contributed by atoms with Crippen molar-refractivity contribution in [3.8, 4) is 5.75 Å². The van der Waals surface area contributed by atoms with Gasteiger partial charge in [-0.3, -0.25) is 9.59 Å². The predicted molar refractivity (Wildman–Crippen MR) is 148 cm³/mol. The number of hydrogen-bond donors (Lipinski definition) is 1. The molecule has 0 aliphatic heterocycles.